The molecular weight excluding hydrogens is 381 g/mol. The molecule has 4 nitrogen and oxygen atoms in total. The highest BCUT2D eigenvalue weighted by Gasteiger charge is 2.25. The van der Waals surface area contributed by atoms with Crippen LogP contribution in [0, 0.1) is 0 Å². The minimum Gasteiger partial charge on any atom is -0.309 e. The number of likely N-dealkylation sites (N-methyl/N-ethyl adjacent to an activating group) is 1. The van der Waals surface area contributed by atoms with Gasteiger partial charge < -0.3 is 9.80 Å². The summed E-state index contributed by atoms with van der Waals surface area (Å²) in [4.78, 5) is 21.6. The van der Waals surface area contributed by atoms with Crippen molar-refractivity contribution in [3.05, 3.63) is 63.6 Å². The molecule has 2 aromatic carbocycles. The molecule has 0 saturated carbocycles. The van der Waals surface area contributed by atoms with Gasteiger partial charge in [-0.2, -0.15) is 0 Å². The normalized spacial score (nSPS) is 14.2. The summed E-state index contributed by atoms with van der Waals surface area (Å²) in [7, 11) is 0. The molecule has 3 rings (SSSR count). The highest BCUT2D eigenvalue weighted by molar-refractivity contribution is 6.32. The lowest BCUT2D eigenvalue weighted by atomic mass is 10.00. The van der Waals surface area contributed by atoms with Gasteiger partial charge in [0, 0.05) is 34.3 Å². The Kier molecular flexibility index (Phi) is 6.53. The van der Waals surface area contributed by atoms with Gasteiger partial charge in [-0.1, -0.05) is 49.2 Å². The molecule has 1 amide bonds. The van der Waals surface area contributed by atoms with Crippen molar-refractivity contribution >= 4 is 40.5 Å². The predicted octanol–water partition coefficient (Wildman–Crippen LogP) is 4.52. The number of aliphatic imine (C=N–C) groups is 1. The molecule has 0 bridgehead atoms. The number of carbonyl (C=O) groups excluding carboxylic acids is 1. The van der Waals surface area contributed by atoms with Crippen LogP contribution < -0.4 is 4.90 Å². The molecule has 0 radical (unpaired) electrons. The van der Waals surface area contributed by atoms with E-state index in [1.54, 1.807) is 0 Å². The maximum atomic E-state index is 12.8. The smallest absolute Gasteiger partial charge is 0.248 e. The molecule has 1 aliphatic rings. The molecule has 0 saturated heterocycles. The number of nitrogens with zero attached hydrogens (tertiary/aromatic N) is 3. The van der Waals surface area contributed by atoms with Crippen molar-refractivity contribution in [1.29, 1.82) is 0 Å². The summed E-state index contributed by atoms with van der Waals surface area (Å²) < 4.78 is 0. The predicted molar refractivity (Wildman–Crippen MR) is 114 cm³/mol. The second-order valence-electron chi connectivity index (χ2n) is 6.41. The Morgan fingerprint density at radius 3 is 2.37 bits per heavy atom. The van der Waals surface area contributed by atoms with Gasteiger partial charge in [-0.15, -0.1) is 0 Å². The van der Waals surface area contributed by atoms with Crippen LogP contribution in [0.4, 0.5) is 5.69 Å². The maximum Gasteiger partial charge on any atom is 0.248 e. The number of anilines is 1. The monoisotopic (exact) mass is 403 g/mol. The zero-order chi connectivity index (χ0) is 19.4. The van der Waals surface area contributed by atoms with E-state index in [1.807, 2.05) is 47.4 Å². The maximum absolute atomic E-state index is 12.8. The standard InChI is InChI=1S/C21H23Cl2N3O/c1-3-25(4-2)11-12-26-19-10-9-17(23)13-18(19)21(24-14-20(26)27)15-5-7-16(22)8-6-15/h5-10,13H,3-4,11-12,14H2,1-2H3. The van der Waals surface area contributed by atoms with Gasteiger partial charge in [0.15, 0.2) is 0 Å². The van der Waals surface area contributed by atoms with Crippen molar-refractivity contribution in [3.63, 3.8) is 0 Å². The molecule has 1 aliphatic heterocycles. The van der Waals surface area contributed by atoms with Crippen LogP contribution in [-0.4, -0.2) is 49.2 Å². The summed E-state index contributed by atoms with van der Waals surface area (Å²) in [6.07, 6.45) is 0. The molecule has 27 heavy (non-hydrogen) atoms. The van der Waals surface area contributed by atoms with E-state index in [-0.39, 0.29) is 12.5 Å². The van der Waals surface area contributed by atoms with E-state index in [1.165, 1.54) is 0 Å². The van der Waals surface area contributed by atoms with Crippen LogP contribution in [0.25, 0.3) is 0 Å². The molecule has 6 heteroatoms. The summed E-state index contributed by atoms with van der Waals surface area (Å²) in [5, 5.41) is 1.28. The first kappa shape index (κ1) is 19.9. The van der Waals surface area contributed by atoms with Crippen LogP contribution in [-0.2, 0) is 4.79 Å². The third kappa shape index (κ3) is 4.52. The fourth-order valence-corrected chi connectivity index (χ4v) is 3.56. The van der Waals surface area contributed by atoms with E-state index in [0.29, 0.717) is 16.6 Å². The molecular formula is C21H23Cl2N3O. The molecule has 0 aromatic heterocycles. The van der Waals surface area contributed by atoms with Gasteiger partial charge in [-0.3, -0.25) is 9.79 Å². The lowest BCUT2D eigenvalue weighted by Gasteiger charge is -2.27. The first-order chi connectivity index (χ1) is 13.0. The molecule has 0 aliphatic carbocycles. The second kappa shape index (κ2) is 8.87. The number of carbonyl (C=O) groups is 1. The summed E-state index contributed by atoms with van der Waals surface area (Å²) in [6, 6.07) is 13.1. The second-order valence-corrected chi connectivity index (χ2v) is 7.28. The molecule has 2 aromatic rings. The number of amides is 1. The Balaban J connectivity index is 2.01. The van der Waals surface area contributed by atoms with Gasteiger partial charge in [0.1, 0.15) is 6.54 Å². The zero-order valence-corrected chi connectivity index (χ0v) is 17.1. The van der Waals surface area contributed by atoms with E-state index in [4.69, 9.17) is 23.2 Å². The first-order valence-corrected chi connectivity index (χ1v) is 9.92. The van der Waals surface area contributed by atoms with E-state index in [9.17, 15) is 4.79 Å². The minimum atomic E-state index is -0.00491. The Hall–Kier alpha value is -1.88. The van der Waals surface area contributed by atoms with E-state index in [2.05, 4.69) is 23.7 Å². The van der Waals surface area contributed by atoms with E-state index >= 15 is 0 Å². The summed E-state index contributed by atoms with van der Waals surface area (Å²) in [6.45, 7) is 7.72. The number of halogens is 2. The average Bonchev–Trinajstić information content (AvgIpc) is 2.80. The lowest BCUT2D eigenvalue weighted by Crippen LogP contribution is -2.39. The van der Waals surface area contributed by atoms with E-state index < -0.39 is 0 Å². The van der Waals surface area contributed by atoms with Gasteiger partial charge in [-0.05, 0) is 43.4 Å². The molecule has 142 valence electrons. The number of rotatable bonds is 6. The summed E-state index contributed by atoms with van der Waals surface area (Å²) in [5.41, 5.74) is 3.40. The van der Waals surface area contributed by atoms with E-state index in [0.717, 1.165) is 42.2 Å². The Labute approximate surface area is 170 Å². The third-order valence-electron chi connectivity index (χ3n) is 4.83. The van der Waals surface area contributed by atoms with Gasteiger partial charge in [-0.25, -0.2) is 0 Å². The van der Waals surface area contributed by atoms with Gasteiger partial charge in [0.2, 0.25) is 5.91 Å². The number of fused-ring (bicyclic) bond motifs is 1. The van der Waals surface area contributed by atoms with Gasteiger partial charge >= 0.3 is 0 Å². The van der Waals surface area contributed by atoms with Crippen LogP contribution >= 0.6 is 23.2 Å². The summed E-state index contributed by atoms with van der Waals surface area (Å²) in [5.74, 6) is -0.00491. The number of benzodiazepines with no additional fused rings is 1. The van der Waals surface area contributed by atoms with Crippen LogP contribution in [0.15, 0.2) is 47.5 Å². The van der Waals surface area contributed by atoms with Crippen LogP contribution in [0.2, 0.25) is 10.0 Å². The Morgan fingerprint density at radius 1 is 1.04 bits per heavy atom. The van der Waals surface area contributed by atoms with Crippen LogP contribution in [0.5, 0.6) is 0 Å². The van der Waals surface area contributed by atoms with Crippen LogP contribution in [0.1, 0.15) is 25.0 Å². The largest absolute Gasteiger partial charge is 0.309 e. The van der Waals surface area contributed by atoms with Crippen molar-refractivity contribution in [2.24, 2.45) is 4.99 Å². The lowest BCUT2D eigenvalue weighted by molar-refractivity contribution is -0.117. The minimum absolute atomic E-state index is 0.00491. The zero-order valence-electron chi connectivity index (χ0n) is 15.6. The molecule has 1 heterocycles. The first-order valence-electron chi connectivity index (χ1n) is 9.16. The third-order valence-corrected chi connectivity index (χ3v) is 5.32. The molecule has 0 fully saturated rings. The molecule has 0 unspecified atom stereocenters. The average molecular weight is 404 g/mol. The highest BCUT2D eigenvalue weighted by atomic mass is 35.5. The van der Waals surface area contributed by atoms with Gasteiger partial charge in [0.05, 0.1) is 11.4 Å². The fraction of sp³-hybridized carbons (Fsp3) is 0.333. The molecule has 0 N–H and O–H groups in total. The number of benzene rings is 2. The SMILES string of the molecule is CCN(CC)CCN1C(=O)CN=C(c2ccc(Cl)cc2)c2cc(Cl)ccc21. The number of hydrogen-bond acceptors (Lipinski definition) is 3. The fourth-order valence-electron chi connectivity index (χ4n) is 3.27. The van der Waals surface area contributed by atoms with Crippen molar-refractivity contribution in [2.45, 2.75) is 13.8 Å². The summed E-state index contributed by atoms with van der Waals surface area (Å²) >= 11 is 12.3. The molecule has 0 spiro atoms. The highest BCUT2D eigenvalue weighted by Crippen LogP contribution is 2.30. The molecule has 0 atom stereocenters. The number of hydrogen-bond donors (Lipinski definition) is 0. The van der Waals surface area contributed by atoms with Crippen molar-refractivity contribution in [3.8, 4) is 0 Å². The Morgan fingerprint density at radius 2 is 1.70 bits per heavy atom. The van der Waals surface area contributed by atoms with Crippen LogP contribution in [0.3, 0.4) is 0 Å². The van der Waals surface area contributed by atoms with Crippen molar-refractivity contribution in [1.82, 2.24) is 4.90 Å². The topological polar surface area (TPSA) is 35.9 Å². The van der Waals surface area contributed by atoms with Crippen molar-refractivity contribution < 1.29 is 4.79 Å². The van der Waals surface area contributed by atoms with Crippen molar-refractivity contribution in [2.75, 3.05) is 37.6 Å². The Bertz CT molecular complexity index is 845. The quantitative estimate of drug-likeness (QED) is 0.710. The van der Waals surface area contributed by atoms with Gasteiger partial charge in [0.25, 0.3) is 0 Å².